The first-order valence-corrected chi connectivity index (χ1v) is 6.55. The molecule has 1 saturated carbocycles. The van der Waals surface area contributed by atoms with Gasteiger partial charge in [0.05, 0.1) is 12.3 Å². The van der Waals surface area contributed by atoms with Gasteiger partial charge in [0.1, 0.15) is 5.65 Å². The molecule has 3 rings (SSSR count). The summed E-state index contributed by atoms with van der Waals surface area (Å²) in [6.45, 7) is 3.90. The summed E-state index contributed by atoms with van der Waals surface area (Å²) in [5.41, 5.74) is 3.32. The molecule has 0 spiro atoms. The maximum Gasteiger partial charge on any atom is 0.137 e. The van der Waals surface area contributed by atoms with Crippen molar-refractivity contribution < 1.29 is 5.11 Å². The van der Waals surface area contributed by atoms with Crippen LogP contribution in [0.4, 0.5) is 0 Å². The number of pyridine rings is 1. The van der Waals surface area contributed by atoms with Crippen molar-refractivity contribution in [2.45, 2.75) is 32.4 Å². The number of rotatable bonds is 5. The van der Waals surface area contributed by atoms with Crippen LogP contribution in [0, 0.1) is 6.92 Å². The van der Waals surface area contributed by atoms with Crippen LogP contribution >= 0.6 is 0 Å². The molecule has 1 fully saturated rings. The van der Waals surface area contributed by atoms with Crippen molar-refractivity contribution in [2.24, 2.45) is 0 Å². The van der Waals surface area contributed by atoms with Gasteiger partial charge in [-0.2, -0.15) is 0 Å². The van der Waals surface area contributed by atoms with Crippen LogP contribution in [0.2, 0.25) is 0 Å². The fourth-order valence-corrected chi connectivity index (χ4v) is 2.40. The van der Waals surface area contributed by atoms with Gasteiger partial charge in [-0.1, -0.05) is 6.07 Å². The minimum absolute atomic E-state index is 0.225. The first-order chi connectivity index (χ1) is 8.76. The smallest absolute Gasteiger partial charge is 0.137 e. The summed E-state index contributed by atoms with van der Waals surface area (Å²) in [5, 5.41) is 9.10. The number of fused-ring (bicyclic) bond motifs is 1. The summed E-state index contributed by atoms with van der Waals surface area (Å²) in [7, 11) is 0. The molecule has 4 heteroatoms. The molecule has 0 aromatic carbocycles. The van der Waals surface area contributed by atoms with Crippen LogP contribution in [0.1, 0.15) is 24.1 Å². The van der Waals surface area contributed by atoms with E-state index in [-0.39, 0.29) is 6.61 Å². The third-order valence-electron chi connectivity index (χ3n) is 3.46. The van der Waals surface area contributed by atoms with E-state index in [1.54, 1.807) is 0 Å². The molecule has 1 aliphatic carbocycles. The molecular weight excluding hydrogens is 226 g/mol. The number of aromatic nitrogens is 2. The van der Waals surface area contributed by atoms with E-state index in [9.17, 15) is 0 Å². The molecule has 2 aromatic heterocycles. The lowest BCUT2D eigenvalue weighted by Crippen LogP contribution is -2.28. The van der Waals surface area contributed by atoms with Crippen molar-refractivity contribution in [1.29, 1.82) is 0 Å². The van der Waals surface area contributed by atoms with Crippen LogP contribution in [0.25, 0.3) is 5.65 Å². The number of aliphatic hydroxyl groups excluding tert-OH is 1. The van der Waals surface area contributed by atoms with Crippen LogP contribution in [0.5, 0.6) is 0 Å². The van der Waals surface area contributed by atoms with Crippen molar-refractivity contribution >= 4 is 5.65 Å². The van der Waals surface area contributed by atoms with Gasteiger partial charge in [0.2, 0.25) is 0 Å². The molecule has 0 saturated heterocycles. The molecule has 4 nitrogen and oxygen atoms in total. The van der Waals surface area contributed by atoms with Crippen LogP contribution in [-0.4, -0.2) is 38.6 Å². The van der Waals surface area contributed by atoms with Crippen molar-refractivity contribution in [1.82, 2.24) is 14.3 Å². The minimum Gasteiger partial charge on any atom is -0.395 e. The molecule has 0 atom stereocenters. The van der Waals surface area contributed by atoms with Gasteiger partial charge in [0.15, 0.2) is 0 Å². The standard InChI is InChI=1S/C14H19N3O/c1-11-2-5-14-15-12(10-17(14)8-11)9-16(6-7-18)13-3-4-13/h2,5,8,10,13,18H,3-4,6-7,9H2,1H3. The van der Waals surface area contributed by atoms with Gasteiger partial charge in [-0.15, -0.1) is 0 Å². The molecule has 1 aliphatic rings. The highest BCUT2D eigenvalue weighted by molar-refractivity contribution is 5.41. The van der Waals surface area contributed by atoms with Gasteiger partial charge in [-0.05, 0) is 31.4 Å². The van der Waals surface area contributed by atoms with Gasteiger partial charge >= 0.3 is 0 Å². The first-order valence-electron chi connectivity index (χ1n) is 6.55. The van der Waals surface area contributed by atoms with E-state index in [0.29, 0.717) is 6.04 Å². The van der Waals surface area contributed by atoms with Crippen LogP contribution in [0.15, 0.2) is 24.5 Å². The molecule has 0 radical (unpaired) electrons. The van der Waals surface area contributed by atoms with Gasteiger partial charge in [-0.25, -0.2) is 4.98 Å². The summed E-state index contributed by atoms with van der Waals surface area (Å²) in [6, 6.07) is 4.79. The Hall–Kier alpha value is -1.39. The normalized spacial score (nSPS) is 15.7. The number of aryl methyl sites for hydroxylation is 1. The van der Waals surface area contributed by atoms with Crippen molar-refractivity contribution in [2.75, 3.05) is 13.2 Å². The number of aliphatic hydroxyl groups is 1. The molecule has 2 heterocycles. The monoisotopic (exact) mass is 245 g/mol. The Labute approximate surface area is 107 Å². The topological polar surface area (TPSA) is 40.8 Å². The second-order valence-electron chi connectivity index (χ2n) is 5.13. The third kappa shape index (κ3) is 2.40. The van der Waals surface area contributed by atoms with Gasteiger partial charge < -0.3 is 9.51 Å². The highest BCUT2D eigenvalue weighted by Gasteiger charge is 2.28. The minimum atomic E-state index is 0.225. The number of nitrogens with zero attached hydrogens (tertiary/aromatic N) is 3. The molecular formula is C14H19N3O. The third-order valence-corrected chi connectivity index (χ3v) is 3.46. The number of hydrogen-bond donors (Lipinski definition) is 1. The van der Waals surface area contributed by atoms with Crippen LogP contribution in [-0.2, 0) is 6.54 Å². The molecule has 0 unspecified atom stereocenters. The maximum absolute atomic E-state index is 9.10. The Morgan fingerprint density at radius 2 is 2.22 bits per heavy atom. The largest absolute Gasteiger partial charge is 0.395 e. The molecule has 18 heavy (non-hydrogen) atoms. The van der Waals surface area contributed by atoms with Gasteiger partial charge in [0.25, 0.3) is 0 Å². The van der Waals surface area contributed by atoms with Gasteiger partial charge in [-0.3, -0.25) is 4.90 Å². The van der Waals surface area contributed by atoms with Crippen LogP contribution < -0.4 is 0 Å². The van der Waals surface area contributed by atoms with E-state index in [0.717, 1.165) is 24.4 Å². The average Bonchev–Trinajstić information content (AvgIpc) is 3.10. The Morgan fingerprint density at radius 1 is 1.39 bits per heavy atom. The van der Waals surface area contributed by atoms with E-state index < -0.39 is 0 Å². The fraction of sp³-hybridized carbons (Fsp3) is 0.500. The summed E-state index contributed by atoms with van der Waals surface area (Å²) >= 11 is 0. The molecule has 0 bridgehead atoms. The molecule has 0 amide bonds. The Morgan fingerprint density at radius 3 is 2.94 bits per heavy atom. The average molecular weight is 245 g/mol. The van der Waals surface area contributed by atoms with E-state index in [1.165, 1.54) is 18.4 Å². The first kappa shape index (κ1) is 11.7. The second kappa shape index (κ2) is 4.71. The van der Waals surface area contributed by atoms with E-state index in [2.05, 4.69) is 39.7 Å². The van der Waals surface area contributed by atoms with E-state index in [4.69, 9.17) is 5.11 Å². The van der Waals surface area contributed by atoms with Gasteiger partial charge in [0, 0.05) is 31.5 Å². The van der Waals surface area contributed by atoms with Crippen molar-refractivity contribution in [3.05, 3.63) is 35.8 Å². The fourth-order valence-electron chi connectivity index (χ4n) is 2.40. The number of hydrogen-bond acceptors (Lipinski definition) is 3. The van der Waals surface area contributed by atoms with Crippen molar-refractivity contribution in [3.63, 3.8) is 0 Å². The molecule has 0 aliphatic heterocycles. The zero-order valence-corrected chi connectivity index (χ0v) is 10.7. The predicted octanol–water partition coefficient (Wildman–Crippen LogP) is 1.60. The zero-order valence-electron chi connectivity index (χ0n) is 10.7. The van der Waals surface area contributed by atoms with Crippen LogP contribution in [0.3, 0.4) is 0 Å². The predicted molar refractivity (Wildman–Crippen MR) is 70.4 cm³/mol. The lowest BCUT2D eigenvalue weighted by molar-refractivity contribution is 0.182. The Kier molecular flexibility index (Phi) is 3.06. The molecule has 2 aromatic rings. The highest BCUT2D eigenvalue weighted by Crippen LogP contribution is 2.27. The maximum atomic E-state index is 9.10. The molecule has 96 valence electrons. The van der Waals surface area contributed by atoms with E-state index in [1.807, 2.05) is 6.07 Å². The summed E-state index contributed by atoms with van der Waals surface area (Å²) in [4.78, 5) is 6.95. The highest BCUT2D eigenvalue weighted by atomic mass is 16.3. The molecule has 1 N–H and O–H groups in total. The zero-order chi connectivity index (χ0) is 12.5. The Bertz CT molecular complexity index is 545. The lowest BCUT2D eigenvalue weighted by Gasteiger charge is -2.19. The summed E-state index contributed by atoms with van der Waals surface area (Å²) in [5.74, 6) is 0. The second-order valence-corrected chi connectivity index (χ2v) is 5.13. The summed E-state index contributed by atoms with van der Waals surface area (Å²) < 4.78 is 2.08. The van der Waals surface area contributed by atoms with E-state index >= 15 is 0 Å². The Balaban J connectivity index is 1.80. The summed E-state index contributed by atoms with van der Waals surface area (Å²) in [6.07, 6.45) is 6.70. The lowest BCUT2D eigenvalue weighted by atomic mass is 10.3. The SMILES string of the molecule is Cc1ccc2nc(CN(CCO)C3CC3)cn2c1. The number of imidazole rings is 1. The quantitative estimate of drug-likeness (QED) is 0.870. The van der Waals surface area contributed by atoms with Crippen molar-refractivity contribution in [3.8, 4) is 0 Å².